The Kier molecular flexibility index (Phi) is 28.0. The summed E-state index contributed by atoms with van der Waals surface area (Å²) in [5, 5.41) is 31.7. The maximum Gasteiger partial charge on any atom is 0.472 e. The summed E-state index contributed by atoms with van der Waals surface area (Å²) >= 11 is 0. The fourth-order valence-electron chi connectivity index (χ4n) is 5.47. The number of aliphatic hydroxyl groups is 3. The number of esters is 2. The molecule has 4 unspecified atom stereocenters. The molecule has 19 nitrogen and oxygen atoms in total. The molecule has 1 aliphatic carbocycles. The molecular formula is C40H51O19P3. The standard InChI is InChI=1S/C40H51O19P3/c1-3-5-7-9-11-13-15-17-19-21-23-25-27-29-34(42)56-32(30-54-33(41)28-26-24-22-20-18-16-14-12-10-8-6-4-2)31-55-62(52,53)59-38-35(43)36(44)39(57-60(46,47)48)40(37(38)45)58-61(49,50)51/h2,32,35-40,43-45H,3,5,7,9,11,13,15,17,19,21,23,25,27,29-31H2,1H3,(H,52,53)(H2,46,47,48)(H2,49,50,51)/t32-,35+,36?,37?,38?,39-,40+/m1/s1. The number of carbonyl (C=O) groups excluding carboxylic acids is 2. The molecule has 0 heterocycles. The largest absolute Gasteiger partial charge is 0.472 e. The summed E-state index contributed by atoms with van der Waals surface area (Å²) in [4.78, 5) is 72.4. The van der Waals surface area contributed by atoms with Gasteiger partial charge < -0.3 is 49.3 Å². The van der Waals surface area contributed by atoms with Crippen molar-refractivity contribution in [3.8, 4) is 83.4 Å². The van der Waals surface area contributed by atoms with E-state index in [2.05, 4.69) is 87.0 Å². The minimum absolute atomic E-state index is 0.0834. The molecule has 0 amide bonds. The van der Waals surface area contributed by atoms with Crippen LogP contribution in [0.15, 0.2) is 0 Å². The molecule has 1 saturated carbocycles. The highest BCUT2D eigenvalue weighted by Crippen LogP contribution is 2.51. The molecule has 0 aliphatic heterocycles. The lowest BCUT2D eigenvalue weighted by Crippen LogP contribution is -2.65. The van der Waals surface area contributed by atoms with Crippen molar-refractivity contribution in [3.63, 3.8) is 0 Å². The lowest BCUT2D eigenvalue weighted by molar-refractivity contribution is -0.213. The summed E-state index contributed by atoms with van der Waals surface area (Å²) in [6.45, 7) is 0.353. The van der Waals surface area contributed by atoms with Crippen molar-refractivity contribution in [2.24, 2.45) is 0 Å². The molecular weight excluding hydrogens is 877 g/mol. The van der Waals surface area contributed by atoms with Gasteiger partial charge in [0.25, 0.3) is 0 Å². The van der Waals surface area contributed by atoms with E-state index < -0.39 is 91.3 Å². The first-order chi connectivity index (χ1) is 29.3. The number of phosphoric ester groups is 3. The first-order valence-electron chi connectivity index (χ1n) is 19.3. The fraction of sp³-hybridized carbons (Fsp3) is 0.600. The Balaban J connectivity index is 2.96. The molecule has 0 aromatic heterocycles. The molecule has 0 aromatic rings. The smallest absolute Gasteiger partial charge is 0.456 e. The van der Waals surface area contributed by atoms with Crippen LogP contribution in [0, 0.1) is 83.4 Å². The molecule has 0 bridgehead atoms. The first-order valence-corrected chi connectivity index (χ1v) is 23.9. The van der Waals surface area contributed by atoms with Gasteiger partial charge in [0.2, 0.25) is 0 Å². The molecule has 1 aliphatic rings. The summed E-state index contributed by atoms with van der Waals surface area (Å²) in [6.07, 6.45) is 1.86. The zero-order chi connectivity index (χ0) is 46.4. The molecule has 0 radical (unpaired) electrons. The van der Waals surface area contributed by atoms with Gasteiger partial charge in [-0.15, -0.1) is 6.42 Å². The molecule has 62 heavy (non-hydrogen) atoms. The Bertz CT molecular complexity index is 2020. The van der Waals surface area contributed by atoms with Crippen molar-refractivity contribution in [2.45, 2.75) is 140 Å². The van der Waals surface area contributed by atoms with Crippen LogP contribution in [0.4, 0.5) is 0 Å². The third-order valence-corrected chi connectivity index (χ3v) is 10.3. The van der Waals surface area contributed by atoms with Crippen LogP contribution in [-0.2, 0) is 50.9 Å². The minimum Gasteiger partial charge on any atom is -0.456 e. The second kappa shape index (κ2) is 31.0. The number of hydrogen-bond acceptors (Lipinski definition) is 14. The van der Waals surface area contributed by atoms with Crippen molar-refractivity contribution < 1.29 is 90.6 Å². The monoisotopic (exact) mass is 928 g/mol. The number of ether oxygens (including phenoxy) is 2. The zero-order valence-corrected chi connectivity index (χ0v) is 36.5. The van der Waals surface area contributed by atoms with E-state index in [0.717, 1.165) is 25.7 Å². The van der Waals surface area contributed by atoms with Crippen LogP contribution in [0.5, 0.6) is 0 Å². The lowest BCUT2D eigenvalue weighted by atomic mass is 9.85. The van der Waals surface area contributed by atoms with Crippen LogP contribution in [0.3, 0.4) is 0 Å². The SMILES string of the molecule is C#CC#CC#CC#CC#CC#CC#CC(=O)OC[C@H](COP(=O)(O)OC1C(O)[C@H](OP(=O)(O)O)[C@H](OP(=O)(O)O)C(O)[C@@H]1O)OC(=O)CCCCCCCCCCCCCCC. The number of unbranched alkanes of at least 4 members (excludes halogenated alkanes) is 12. The van der Waals surface area contributed by atoms with Crippen LogP contribution in [-0.4, -0.2) is 108 Å². The van der Waals surface area contributed by atoms with Crippen molar-refractivity contribution >= 4 is 35.4 Å². The Hall–Kier alpha value is -3.93. The second-order valence-corrected chi connectivity index (χ2v) is 17.1. The van der Waals surface area contributed by atoms with E-state index in [-0.39, 0.29) is 6.42 Å². The molecule has 0 aromatic carbocycles. The van der Waals surface area contributed by atoms with Gasteiger partial charge in [-0.3, -0.25) is 22.9 Å². The molecule has 1 fully saturated rings. The normalized spacial score (nSPS) is 20.6. The fourth-order valence-corrected chi connectivity index (χ4v) is 7.56. The number of rotatable bonds is 26. The minimum atomic E-state index is -5.63. The van der Waals surface area contributed by atoms with Crippen LogP contribution >= 0.6 is 23.5 Å². The number of terminal acetylenes is 1. The quantitative estimate of drug-likeness (QED) is 0.0203. The van der Waals surface area contributed by atoms with Crippen LogP contribution in [0.1, 0.15) is 96.8 Å². The topological polar surface area (TPSA) is 303 Å². The number of phosphoric acid groups is 3. The van der Waals surface area contributed by atoms with E-state index in [1.54, 1.807) is 0 Å². The summed E-state index contributed by atoms with van der Waals surface area (Å²) in [7, 11) is -16.7. The molecule has 0 spiro atoms. The average Bonchev–Trinajstić information content (AvgIpc) is 3.19. The van der Waals surface area contributed by atoms with Gasteiger partial charge in [-0.1, -0.05) is 84.0 Å². The second-order valence-electron chi connectivity index (χ2n) is 13.3. The zero-order valence-electron chi connectivity index (χ0n) is 33.8. The van der Waals surface area contributed by atoms with Gasteiger partial charge in [-0.05, 0) is 77.5 Å². The molecule has 8 N–H and O–H groups in total. The van der Waals surface area contributed by atoms with E-state index in [0.29, 0.717) is 12.8 Å². The summed E-state index contributed by atoms with van der Waals surface area (Å²) in [5.74, 6) is 27.6. The van der Waals surface area contributed by atoms with Crippen molar-refractivity contribution in [1.29, 1.82) is 0 Å². The molecule has 22 heteroatoms. The van der Waals surface area contributed by atoms with Gasteiger partial charge in [0.1, 0.15) is 43.2 Å². The Morgan fingerprint density at radius 2 is 0.984 bits per heavy atom. The summed E-state index contributed by atoms with van der Waals surface area (Å²) in [6, 6.07) is 0. The average molecular weight is 929 g/mol. The van der Waals surface area contributed by atoms with E-state index in [1.807, 2.05) is 5.92 Å². The van der Waals surface area contributed by atoms with E-state index in [1.165, 1.54) is 44.9 Å². The van der Waals surface area contributed by atoms with Gasteiger partial charge in [-0.25, -0.2) is 18.5 Å². The maximum absolute atomic E-state index is 13.0. The predicted octanol–water partition coefficient (Wildman–Crippen LogP) is 2.13. The van der Waals surface area contributed by atoms with Crippen molar-refractivity contribution in [1.82, 2.24) is 0 Å². The molecule has 340 valence electrons. The van der Waals surface area contributed by atoms with E-state index in [9.17, 15) is 63.1 Å². The summed E-state index contributed by atoms with van der Waals surface area (Å²) < 4.78 is 64.5. The third-order valence-electron chi connectivity index (χ3n) is 8.26. The predicted molar refractivity (Wildman–Crippen MR) is 219 cm³/mol. The van der Waals surface area contributed by atoms with Crippen LogP contribution in [0.2, 0.25) is 0 Å². The van der Waals surface area contributed by atoms with Gasteiger partial charge in [0.15, 0.2) is 6.10 Å². The van der Waals surface area contributed by atoms with Crippen LogP contribution < -0.4 is 0 Å². The third kappa shape index (κ3) is 27.2. The van der Waals surface area contributed by atoms with Gasteiger partial charge >= 0.3 is 35.4 Å². The highest BCUT2D eigenvalue weighted by atomic mass is 31.2. The Labute approximate surface area is 361 Å². The van der Waals surface area contributed by atoms with Gasteiger partial charge in [-0.2, -0.15) is 0 Å². The molecule has 1 rings (SSSR count). The van der Waals surface area contributed by atoms with E-state index in [4.69, 9.17) is 24.9 Å². The van der Waals surface area contributed by atoms with Crippen molar-refractivity contribution in [2.75, 3.05) is 13.2 Å². The molecule has 8 atom stereocenters. The lowest BCUT2D eigenvalue weighted by Gasteiger charge is -2.44. The number of carbonyl (C=O) groups is 2. The van der Waals surface area contributed by atoms with Gasteiger partial charge in [0, 0.05) is 12.3 Å². The number of hydrogen-bond donors (Lipinski definition) is 8. The summed E-state index contributed by atoms with van der Waals surface area (Å²) in [5.41, 5.74) is 0. The molecule has 0 saturated heterocycles. The van der Waals surface area contributed by atoms with Crippen molar-refractivity contribution in [3.05, 3.63) is 0 Å². The highest BCUT2D eigenvalue weighted by molar-refractivity contribution is 7.47. The van der Waals surface area contributed by atoms with E-state index >= 15 is 0 Å². The number of aliphatic hydroxyl groups excluding tert-OH is 3. The Morgan fingerprint density at radius 3 is 1.45 bits per heavy atom. The van der Waals surface area contributed by atoms with Crippen LogP contribution in [0.25, 0.3) is 0 Å². The Morgan fingerprint density at radius 1 is 0.565 bits per heavy atom. The maximum atomic E-state index is 13.0. The first kappa shape index (κ1) is 56.1. The highest BCUT2D eigenvalue weighted by Gasteiger charge is 2.56. The van der Waals surface area contributed by atoms with Gasteiger partial charge in [0.05, 0.1) is 6.61 Å².